The van der Waals surface area contributed by atoms with Gasteiger partial charge in [0.15, 0.2) is 0 Å². The number of likely N-dealkylation sites (tertiary alicyclic amines) is 1. The molecule has 4 rings (SSSR count). The molecule has 1 aliphatic carbocycles. The van der Waals surface area contributed by atoms with Gasteiger partial charge in [0.05, 0.1) is 18.4 Å². The third-order valence-electron chi connectivity index (χ3n) is 6.94. The number of hydrogen-bond acceptors (Lipinski definition) is 5. The van der Waals surface area contributed by atoms with Crippen LogP contribution in [0.1, 0.15) is 78.3 Å². The fraction of sp³-hybridized carbons (Fsp3) is 0.577. The zero-order valence-electron chi connectivity index (χ0n) is 19.5. The number of methoxy groups -OCH3 is 1. The highest BCUT2D eigenvalue weighted by Gasteiger charge is 2.26. The highest BCUT2D eigenvalue weighted by Crippen LogP contribution is 2.29. The number of nitrogens with zero attached hydrogens (tertiary/aromatic N) is 3. The molecule has 0 spiro atoms. The number of hydrogen-bond donors (Lipinski definition) is 1. The van der Waals surface area contributed by atoms with Crippen molar-refractivity contribution in [2.45, 2.75) is 64.3 Å². The Kier molecular flexibility index (Phi) is 7.74. The predicted molar refractivity (Wildman–Crippen MR) is 126 cm³/mol. The van der Waals surface area contributed by atoms with Gasteiger partial charge in [-0.05, 0) is 62.8 Å². The molecule has 1 N–H and O–H groups in total. The second-order valence-electron chi connectivity index (χ2n) is 9.36. The highest BCUT2D eigenvalue weighted by atomic mass is 16.5. The van der Waals surface area contributed by atoms with Gasteiger partial charge in [0.2, 0.25) is 0 Å². The summed E-state index contributed by atoms with van der Waals surface area (Å²) in [5.74, 6) is 2.76. The third-order valence-corrected chi connectivity index (χ3v) is 6.94. The fourth-order valence-electron chi connectivity index (χ4n) is 5.13. The minimum atomic E-state index is -0.139. The minimum absolute atomic E-state index is 0.139. The number of amides is 1. The first-order chi connectivity index (χ1) is 15.6. The molecule has 1 saturated carbocycles. The first-order valence-electron chi connectivity index (χ1n) is 12.1. The number of rotatable bonds is 7. The van der Waals surface area contributed by atoms with Crippen molar-refractivity contribution in [2.24, 2.45) is 5.92 Å². The van der Waals surface area contributed by atoms with Crippen molar-refractivity contribution >= 4 is 5.91 Å². The number of nitrogens with one attached hydrogen (secondary N) is 1. The van der Waals surface area contributed by atoms with E-state index in [0.29, 0.717) is 18.0 Å². The van der Waals surface area contributed by atoms with E-state index in [1.54, 1.807) is 13.3 Å². The molecular weight excluding hydrogens is 400 g/mol. The van der Waals surface area contributed by atoms with E-state index in [-0.39, 0.29) is 5.91 Å². The molecule has 2 aliphatic rings. The first-order valence-corrected chi connectivity index (χ1v) is 12.1. The Morgan fingerprint density at radius 2 is 2.03 bits per heavy atom. The molecule has 6 nitrogen and oxygen atoms in total. The Bertz CT molecular complexity index is 910. The van der Waals surface area contributed by atoms with Crippen LogP contribution in [0, 0.1) is 12.8 Å². The second-order valence-corrected chi connectivity index (χ2v) is 9.36. The molecule has 1 saturated heterocycles. The molecule has 0 unspecified atom stereocenters. The average Bonchev–Trinajstić information content (AvgIpc) is 2.83. The van der Waals surface area contributed by atoms with Crippen molar-refractivity contribution in [3.63, 3.8) is 0 Å². The molecule has 0 radical (unpaired) electrons. The second kappa shape index (κ2) is 10.9. The van der Waals surface area contributed by atoms with Gasteiger partial charge in [0.1, 0.15) is 11.6 Å². The lowest BCUT2D eigenvalue weighted by Gasteiger charge is -2.35. The standard InChI is InChI=1S/C26H36N4O2/c1-19-24(26(31)28-15-21-10-6-12-23(14-21)32-2)16-27-25(29-19)22-11-7-13-30(18-22)17-20-8-4-3-5-9-20/h6,10,12,14,16,20,22H,3-5,7-9,11,13,15,17-18H2,1-2H3,(H,28,31)/t22-/m0/s1. The summed E-state index contributed by atoms with van der Waals surface area (Å²) in [5, 5.41) is 2.98. The van der Waals surface area contributed by atoms with Gasteiger partial charge in [-0.1, -0.05) is 31.4 Å². The largest absolute Gasteiger partial charge is 0.497 e. The van der Waals surface area contributed by atoms with Crippen molar-refractivity contribution in [2.75, 3.05) is 26.7 Å². The van der Waals surface area contributed by atoms with E-state index < -0.39 is 0 Å². The van der Waals surface area contributed by atoms with E-state index >= 15 is 0 Å². The molecule has 1 aromatic heterocycles. The van der Waals surface area contributed by atoms with Crippen molar-refractivity contribution in [1.82, 2.24) is 20.2 Å². The van der Waals surface area contributed by atoms with Gasteiger partial charge in [-0.15, -0.1) is 0 Å². The quantitative estimate of drug-likeness (QED) is 0.693. The Labute approximate surface area is 191 Å². The van der Waals surface area contributed by atoms with E-state index in [9.17, 15) is 4.79 Å². The molecule has 1 aromatic carbocycles. The van der Waals surface area contributed by atoms with Crippen LogP contribution in [0.15, 0.2) is 30.5 Å². The van der Waals surface area contributed by atoms with Crippen LogP contribution in [-0.4, -0.2) is 47.5 Å². The van der Waals surface area contributed by atoms with Gasteiger partial charge < -0.3 is 15.0 Å². The van der Waals surface area contributed by atoms with Crippen LogP contribution < -0.4 is 10.1 Å². The Morgan fingerprint density at radius 1 is 1.19 bits per heavy atom. The first kappa shape index (κ1) is 22.7. The lowest BCUT2D eigenvalue weighted by Crippen LogP contribution is -2.38. The van der Waals surface area contributed by atoms with Crippen molar-refractivity contribution < 1.29 is 9.53 Å². The topological polar surface area (TPSA) is 67.3 Å². The van der Waals surface area contributed by atoms with Crippen molar-refractivity contribution in [3.05, 3.63) is 53.1 Å². The molecule has 1 amide bonds. The summed E-state index contributed by atoms with van der Waals surface area (Å²) in [4.78, 5) is 24.7. The SMILES string of the molecule is COc1cccc(CNC(=O)c2cnc([C@H]3CCCN(CC4CCCCC4)C3)nc2C)c1. The Balaban J connectivity index is 1.35. The maximum atomic E-state index is 12.7. The van der Waals surface area contributed by atoms with Gasteiger partial charge in [0, 0.05) is 31.7 Å². The van der Waals surface area contributed by atoms with E-state index in [0.717, 1.165) is 41.7 Å². The molecule has 0 bridgehead atoms. The summed E-state index contributed by atoms with van der Waals surface area (Å²) in [5.41, 5.74) is 2.29. The highest BCUT2D eigenvalue weighted by molar-refractivity contribution is 5.94. The van der Waals surface area contributed by atoms with Gasteiger partial charge in [-0.2, -0.15) is 0 Å². The van der Waals surface area contributed by atoms with E-state index in [2.05, 4.69) is 15.2 Å². The van der Waals surface area contributed by atoms with Crippen LogP contribution in [0.3, 0.4) is 0 Å². The maximum Gasteiger partial charge on any atom is 0.254 e. The zero-order chi connectivity index (χ0) is 22.3. The number of benzene rings is 1. The molecule has 6 heteroatoms. The summed E-state index contributed by atoms with van der Waals surface area (Å²) in [6.45, 7) is 5.80. The van der Waals surface area contributed by atoms with Crippen LogP contribution in [0.5, 0.6) is 5.75 Å². The molecule has 1 atom stereocenters. The minimum Gasteiger partial charge on any atom is -0.497 e. The predicted octanol–water partition coefficient (Wildman–Crippen LogP) is 4.48. The Morgan fingerprint density at radius 3 is 2.81 bits per heavy atom. The van der Waals surface area contributed by atoms with Crippen LogP contribution in [0.2, 0.25) is 0 Å². The molecule has 2 heterocycles. The average molecular weight is 437 g/mol. The normalized spacial score (nSPS) is 20.1. The molecule has 172 valence electrons. The summed E-state index contributed by atoms with van der Waals surface area (Å²) in [6.07, 6.45) is 11.0. The van der Waals surface area contributed by atoms with Crippen LogP contribution >= 0.6 is 0 Å². The zero-order valence-corrected chi connectivity index (χ0v) is 19.5. The lowest BCUT2D eigenvalue weighted by atomic mass is 9.88. The van der Waals surface area contributed by atoms with Crippen molar-refractivity contribution in [3.8, 4) is 5.75 Å². The van der Waals surface area contributed by atoms with E-state index in [1.165, 1.54) is 51.6 Å². The van der Waals surface area contributed by atoms with Crippen LogP contribution in [0.25, 0.3) is 0 Å². The van der Waals surface area contributed by atoms with Crippen LogP contribution in [0.4, 0.5) is 0 Å². The maximum absolute atomic E-state index is 12.7. The van der Waals surface area contributed by atoms with Gasteiger partial charge >= 0.3 is 0 Å². The third kappa shape index (κ3) is 5.85. The van der Waals surface area contributed by atoms with Crippen molar-refractivity contribution in [1.29, 1.82) is 0 Å². The monoisotopic (exact) mass is 436 g/mol. The Hall–Kier alpha value is -2.47. The fourth-order valence-corrected chi connectivity index (χ4v) is 5.13. The van der Waals surface area contributed by atoms with Gasteiger partial charge in [-0.25, -0.2) is 9.97 Å². The number of piperidine rings is 1. The lowest BCUT2D eigenvalue weighted by molar-refractivity contribution is 0.0949. The van der Waals surface area contributed by atoms with Crippen LogP contribution in [-0.2, 0) is 6.54 Å². The number of ether oxygens (including phenoxy) is 1. The summed E-state index contributed by atoms with van der Waals surface area (Å²) >= 11 is 0. The summed E-state index contributed by atoms with van der Waals surface area (Å²) in [6, 6.07) is 7.71. The summed E-state index contributed by atoms with van der Waals surface area (Å²) in [7, 11) is 1.64. The molecule has 32 heavy (non-hydrogen) atoms. The molecule has 2 aromatic rings. The van der Waals surface area contributed by atoms with E-state index in [4.69, 9.17) is 9.72 Å². The number of aryl methyl sites for hydroxylation is 1. The molecule has 1 aliphatic heterocycles. The van der Waals surface area contributed by atoms with Gasteiger partial charge in [-0.3, -0.25) is 4.79 Å². The molecule has 2 fully saturated rings. The van der Waals surface area contributed by atoms with Gasteiger partial charge in [0.25, 0.3) is 5.91 Å². The number of carbonyl (C=O) groups excluding carboxylic acids is 1. The smallest absolute Gasteiger partial charge is 0.254 e. The number of aromatic nitrogens is 2. The molecular formula is C26H36N4O2. The van der Waals surface area contributed by atoms with E-state index in [1.807, 2.05) is 31.2 Å². The summed E-state index contributed by atoms with van der Waals surface area (Å²) < 4.78 is 5.25. The number of carbonyl (C=O) groups is 1.